The third-order valence-corrected chi connectivity index (χ3v) is 4.71. The number of anilines is 2. The van der Waals surface area contributed by atoms with Crippen LogP contribution in [0, 0.1) is 18.6 Å². The van der Waals surface area contributed by atoms with Crippen LogP contribution in [-0.2, 0) is 0 Å². The molecule has 4 nitrogen and oxygen atoms in total. The fourth-order valence-electron chi connectivity index (χ4n) is 3.08. The number of rotatable bonds is 3. The molecule has 0 saturated carbocycles. The lowest BCUT2D eigenvalue weighted by atomic mass is 10.0. The van der Waals surface area contributed by atoms with Crippen LogP contribution < -0.4 is 10.6 Å². The Balaban J connectivity index is 1.71. The molecule has 1 heterocycles. The standard InChI is InChI=1S/C22H15ClF2N2O2/c1-12-4-2-3-5-15(12)20-17-10-13(23)6-8-16(17)21(29-20)27-22(28)26-19-9-7-14(24)11-18(19)25/h2-11H,1H3,(H2,26,27,28). The number of aryl methyl sites for hydroxylation is 1. The van der Waals surface area contributed by atoms with Crippen LogP contribution >= 0.6 is 11.6 Å². The van der Waals surface area contributed by atoms with E-state index in [1.165, 1.54) is 0 Å². The lowest BCUT2D eigenvalue weighted by molar-refractivity contribution is 0.261. The fraction of sp³-hybridized carbons (Fsp3) is 0.0455. The highest BCUT2D eigenvalue weighted by molar-refractivity contribution is 6.31. The molecule has 0 atom stereocenters. The number of halogens is 3. The van der Waals surface area contributed by atoms with Crippen molar-refractivity contribution in [2.45, 2.75) is 6.92 Å². The first-order valence-corrected chi connectivity index (χ1v) is 9.11. The van der Waals surface area contributed by atoms with Gasteiger partial charge in [-0.15, -0.1) is 0 Å². The van der Waals surface area contributed by atoms with Crippen molar-refractivity contribution in [2.24, 2.45) is 0 Å². The number of hydrogen-bond donors (Lipinski definition) is 2. The smallest absolute Gasteiger partial charge is 0.326 e. The van der Waals surface area contributed by atoms with Crippen molar-refractivity contribution < 1.29 is 18.0 Å². The van der Waals surface area contributed by atoms with E-state index in [2.05, 4.69) is 10.6 Å². The molecule has 7 heteroatoms. The second kappa shape index (κ2) is 7.56. The quantitative estimate of drug-likeness (QED) is 0.381. The number of fused-ring (bicyclic) bond motifs is 1. The molecule has 2 N–H and O–H groups in total. The molecule has 0 saturated heterocycles. The van der Waals surface area contributed by atoms with Crippen LogP contribution in [0.5, 0.6) is 0 Å². The van der Waals surface area contributed by atoms with Crippen LogP contribution in [0.4, 0.5) is 25.1 Å². The Morgan fingerprint density at radius 1 is 0.966 bits per heavy atom. The molecule has 0 aliphatic carbocycles. The maximum absolute atomic E-state index is 13.8. The molecule has 0 bridgehead atoms. The van der Waals surface area contributed by atoms with Gasteiger partial charge in [0.2, 0.25) is 5.88 Å². The van der Waals surface area contributed by atoms with Crippen molar-refractivity contribution in [3.63, 3.8) is 0 Å². The van der Waals surface area contributed by atoms with Gasteiger partial charge < -0.3 is 9.73 Å². The van der Waals surface area contributed by atoms with Gasteiger partial charge in [0.25, 0.3) is 0 Å². The molecule has 2 amide bonds. The monoisotopic (exact) mass is 412 g/mol. The van der Waals surface area contributed by atoms with Gasteiger partial charge in [0, 0.05) is 27.4 Å². The minimum atomic E-state index is -0.878. The van der Waals surface area contributed by atoms with Gasteiger partial charge >= 0.3 is 6.03 Å². The van der Waals surface area contributed by atoms with E-state index in [4.69, 9.17) is 16.0 Å². The van der Waals surface area contributed by atoms with E-state index in [0.717, 1.165) is 28.6 Å². The van der Waals surface area contributed by atoms with Gasteiger partial charge in [0.1, 0.15) is 17.4 Å². The first-order chi connectivity index (χ1) is 13.9. The molecule has 1 aromatic heterocycles. The topological polar surface area (TPSA) is 54.3 Å². The summed E-state index contributed by atoms with van der Waals surface area (Å²) >= 11 is 6.16. The first kappa shape index (κ1) is 19.0. The Morgan fingerprint density at radius 2 is 1.76 bits per heavy atom. The summed E-state index contributed by atoms with van der Waals surface area (Å²) in [5.41, 5.74) is 1.70. The van der Waals surface area contributed by atoms with Gasteiger partial charge in [-0.25, -0.2) is 13.6 Å². The van der Waals surface area contributed by atoms with Crippen LogP contribution in [0.2, 0.25) is 5.02 Å². The molecule has 0 unspecified atom stereocenters. The fourth-order valence-corrected chi connectivity index (χ4v) is 3.25. The van der Waals surface area contributed by atoms with Crippen LogP contribution in [0.15, 0.2) is 65.1 Å². The SMILES string of the molecule is Cc1ccccc1-c1oc(NC(=O)Nc2ccc(F)cc2F)c2ccc(Cl)cc12. The van der Waals surface area contributed by atoms with E-state index in [1.54, 1.807) is 18.2 Å². The Hall–Kier alpha value is -3.38. The number of furan rings is 1. The average molecular weight is 413 g/mol. The number of carbonyl (C=O) groups is 1. The zero-order valence-corrected chi connectivity index (χ0v) is 16.0. The minimum Gasteiger partial charge on any atom is -0.439 e. The van der Waals surface area contributed by atoms with E-state index in [0.29, 0.717) is 22.2 Å². The summed E-state index contributed by atoms with van der Waals surface area (Å²) in [5, 5.41) is 6.83. The summed E-state index contributed by atoms with van der Waals surface area (Å²) in [7, 11) is 0. The molecule has 4 rings (SSSR count). The Morgan fingerprint density at radius 3 is 2.52 bits per heavy atom. The molecule has 3 aromatic carbocycles. The van der Waals surface area contributed by atoms with Gasteiger partial charge in [-0.2, -0.15) is 0 Å². The summed E-state index contributed by atoms with van der Waals surface area (Å²) in [6.45, 7) is 1.95. The van der Waals surface area contributed by atoms with E-state index in [-0.39, 0.29) is 11.6 Å². The van der Waals surface area contributed by atoms with Crippen molar-refractivity contribution in [1.29, 1.82) is 0 Å². The predicted octanol–water partition coefficient (Wildman–Crippen LogP) is 6.98. The molecule has 4 aromatic rings. The number of benzene rings is 3. The second-order valence-electron chi connectivity index (χ2n) is 6.47. The van der Waals surface area contributed by atoms with Gasteiger partial charge in [-0.3, -0.25) is 5.32 Å². The number of nitrogens with one attached hydrogen (secondary N) is 2. The highest BCUT2D eigenvalue weighted by Gasteiger charge is 2.19. The van der Waals surface area contributed by atoms with Crippen molar-refractivity contribution in [3.8, 4) is 11.3 Å². The van der Waals surface area contributed by atoms with E-state index in [9.17, 15) is 13.6 Å². The van der Waals surface area contributed by atoms with Crippen molar-refractivity contribution in [2.75, 3.05) is 10.6 Å². The Kier molecular flexibility index (Phi) is 4.94. The first-order valence-electron chi connectivity index (χ1n) is 8.73. The van der Waals surface area contributed by atoms with Gasteiger partial charge in [-0.1, -0.05) is 35.9 Å². The minimum absolute atomic E-state index is 0.151. The van der Waals surface area contributed by atoms with E-state index >= 15 is 0 Å². The lowest BCUT2D eigenvalue weighted by Crippen LogP contribution is -2.20. The molecule has 0 spiro atoms. The molecular weight excluding hydrogens is 398 g/mol. The van der Waals surface area contributed by atoms with Crippen molar-refractivity contribution in [3.05, 3.63) is 82.9 Å². The van der Waals surface area contributed by atoms with Crippen LogP contribution in [0.25, 0.3) is 22.1 Å². The van der Waals surface area contributed by atoms with Gasteiger partial charge in [0.05, 0.1) is 5.69 Å². The number of hydrogen-bond acceptors (Lipinski definition) is 2. The maximum atomic E-state index is 13.8. The van der Waals surface area contributed by atoms with Gasteiger partial charge in [0.15, 0.2) is 0 Å². The molecular formula is C22H15ClF2N2O2. The Bertz CT molecular complexity index is 1240. The largest absolute Gasteiger partial charge is 0.439 e. The molecule has 0 aliphatic rings. The zero-order chi connectivity index (χ0) is 20.5. The average Bonchev–Trinajstić information content (AvgIpc) is 3.01. The summed E-state index contributed by atoms with van der Waals surface area (Å²) in [6, 6.07) is 15.0. The third-order valence-electron chi connectivity index (χ3n) is 4.47. The summed E-state index contributed by atoms with van der Waals surface area (Å²) in [6.07, 6.45) is 0. The molecule has 0 fully saturated rings. The van der Waals surface area contributed by atoms with E-state index < -0.39 is 17.7 Å². The summed E-state index contributed by atoms with van der Waals surface area (Å²) < 4.78 is 32.8. The highest BCUT2D eigenvalue weighted by Crippen LogP contribution is 2.39. The third kappa shape index (κ3) is 3.79. The highest BCUT2D eigenvalue weighted by atomic mass is 35.5. The number of urea groups is 1. The number of amides is 2. The van der Waals surface area contributed by atoms with E-state index in [1.807, 2.05) is 31.2 Å². The van der Waals surface area contributed by atoms with Crippen LogP contribution in [-0.4, -0.2) is 6.03 Å². The molecule has 29 heavy (non-hydrogen) atoms. The zero-order valence-electron chi connectivity index (χ0n) is 15.2. The van der Waals surface area contributed by atoms with Gasteiger partial charge in [-0.05, 0) is 42.8 Å². The van der Waals surface area contributed by atoms with Crippen LogP contribution in [0.3, 0.4) is 0 Å². The molecule has 0 aliphatic heterocycles. The lowest BCUT2D eigenvalue weighted by Gasteiger charge is -2.07. The summed E-state index contributed by atoms with van der Waals surface area (Å²) in [4.78, 5) is 12.4. The normalized spacial score (nSPS) is 10.9. The molecule has 0 radical (unpaired) electrons. The Labute approximate surface area is 170 Å². The predicted molar refractivity (Wildman–Crippen MR) is 110 cm³/mol. The van der Waals surface area contributed by atoms with Crippen molar-refractivity contribution >= 4 is 40.0 Å². The molecule has 146 valence electrons. The maximum Gasteiger partial charge on any atom is 0.326 e. The second-order valence-corrected chi connectivity index (χ2v) is 6.90. The van der Waals surface area contributed by atoms with Crippen LogP contribution in [0.1, 0.15) is 5.56 Å². The summed E-state index contributed by atoms with van der Waals surface area (Å²) in [5.74, 6) is -0.860. The van der Waals surface area contributed by atoms with Crippen molar-refractivity contribution in [1.82, 2.24) is 0 Å². The number of carbonyl (C=O) groups excluding carboxylic acids is 1.